The van der Waals surface area contributed by atoms with E-state index in [9.17, 15) is 9.59 Å². The molecule has 1 aromatic carbocycles. The highest BCUT2D eigenvalue weighted by Gasteiger charge is 2.49. The van der Waals surface area contributed by atoms with Gasteiger partial charge in [-0.1, -0.05) is 17.7 Å². The van der Waals surface area contributed by atoms with Crippen LogP contribution in [0.2, 0.25) is 5.02 Å². The van der Waals surface area contributed by atoms with Gasteiger partial charge in [0.2, 0.25) is 11.8 Å². The molecule has 3 fully saturated rings. The molecular weight excluding hydrogens is 435 g/mol. The minimum absolute atomic E-state index is 0. The molecule has 1 aliphatic heterocycles. The number of halogens is 3. The molecule has 0 spiro atoms. The third-order valence-electron chi connectivity index (χ3n) is 6.50. The van der Waals surface area contributed by atoms with E-state index in [1.807, 2.05) is 29.2 Å². The first kappa shape index (κ1) is 24.1. The van der Waals surface area contributed by atoms with E-state index in [4.69, 9.17) is 17.3 Å². The van der Waals surface area contributed by atoms with Gasteiger partial charge in [0.1, 0.15) is 0 Å². The molecule has 6 nitrogen and oxygen atoms in total. The maximum atomic E-state index is 12.5. The molecule has 2 aliphatic carbocycles. The Morgan fingerprint density at radius 1 is 1.10 bits per heavy atom. The van der Waals surface area contributed by atoms with Crippen molar-refractivity contribution in [3.8, 4) is 0 Å². The first-order valence-electron chi connectivity index (χ1n) is 9.84. The number of hydrogen-bond acceptors (Lipinski definition) is 4. The summed E-state index contributed by atoms with van der Waals surface area (Å²) in [5.41, 5.74) is 7.30. The van der Waals surface area contributed by atoms with E-state index in [1.54, 1.807) is 0 Å². The molecule has 2 saturated carbocycles. The van der Waals surface area contributed by atoms with Gasteiger partial charge in [0, 0.05) is 42.9 Å². The zero-order valence-electron chi connectivity index (χ0n) is 16.3. The molecule has 4 atom stereocenters. The highest BCUT2D eigenvalue weighted by Crippen LogP contribution is 2.47. The summed E-state index contributed by atoms with van der Waals surface area (Å²) in [5.74, 6) is 0.713. The average molecular weight is 464 g/mol. The predicted octanol–water partition coefficient (Wildman–Crippen LogP) is 2.32. The van der Waals surface area contributed by atoms with Gasteiger partial charge in [-0.05, 0) is 49.3 Å². The fraction of sp³-hybridized carbons (Fsp3) is 0.600. The molecule has 0 radical (unpaired) electrons. The molecule has 4 rings (SSSR count). The summed E-state index contributed by atoms with van der Waals surface area (Å²) in [6, 6.07) is 7.72. The lowest BCUT2D eigenvalue weighted by molar-refractivity contribution is -0.134. The zero-order chi connectivity index (χ0) is 19.0. The quantitative estimate of drug-likeness (QED) is 0.718. The molecule has 29 heavy (non-hydrogen) atoms. The topological polar surface area (TPSA) is 78.7 Å². The first-order valence-corrected chi connectivity index (χ1v) is 10.2. The Hall–Kier alpha value is -1.21. The standard InChI is InChI=1S/C20H27ClN4O2.2ClH/c21-15-2-1-3-16(11-15)24-6-8-25(9-7-24)17(26)12-23-20(27)18-13-4-5-14(10-13)19(18)22;;/h1-3,11,13-14,18-19H,4-10,12,22H2,(H,23,27);2*1H. The van der Waals surface area contributed by atoms with E-state index < -0.39 is 0 Å². The van der Waals surface area contributed by atoms with Crippen LogP contribution in [0.15, 0.2) is 24.3 Å². The summed E-state index contributed by atoms with van der Waals surface area (Å²) < 4.78 is 0. The number of fused-ring (bicyclic) bond motifs is 2. The van der Waals surface area contributed by atoms with Gasteiger partial charge in [0.05, 0.1) is 12.5 Å². The van der Waals surface area contributed by atoms with Gasteiger partial charge >= 0.3 is 0 Å². The van der Waals surface area contributed by atoms with Gasteiger partial charge < -0.3 is 20.9 Å². The highest BCUT2D eigenvalue weighted by molar-refractivity contribution is 6.30. The Kier molecular flexibility index (Phi) is 8.47. The highest BCUT2D eigenvalue weighted by atomic mass is 35.5. The summed E-state index contributed by atoms with van der Waals surface area (Å²) in [7, 11) is 0. The summed E-state index contributed by atoms with van der Waals surface area (Å²) in [4.78, 5) is 29.1. The van der Waals surface area contributed by atoms with Crippen molar-refractivity contribution in [1.29, 1.82) is 0 Å². The first-order chi connectivity index (χ1) is 13.0. The Morgan fingerprint density at radius 3 is 2.41 bits per heavy atom. The fourth-order valence-corrected chi connectivity index (χ4v) is 5.19. The van der Waals surface area contributed by atoms with E-state index in [1.165, 1.54) is 0 Å². The molecule has 3 N–H and O–H groups in total. The van der Waals surface area contributed by atoms with Gasteiger partial charge in [-0.15, -0.1) is 24.8 Å². The Labute approximate surface area is 189 Å². The van der Waals surface area contributed by atoms with Crippen LogP contribution in [0.5, 0.6) is 0 Å². The van der Waals surface area contributed by atoms with Crippen LogP contribution in [-0.2, 0) is 9.59 Å². The second kappa shape index (κ2) is 10.2. The Bertz CT molecular complexity index is 725. The van der Waals surface area contributed by atoms with Gasteiger partial charge in [0.25, 0.3) is 0 Å². The second-order valence-electron chi connectivity index (χ2n) is 8.00. The maximum absolute atomic E-state index is 12.5. The number of carbonyl (C=O) groups excluding carboxylic acids is 2. The zero-order valence-corrected chi connectivity index (χ0v) is 18.6. The van der Waals surface area contributed by atoms with E-state index in [0.29, 0.717) is 29.9 Å². The normalized spacial score (nSPS) is 27.8. The van der Waals surface area contributed by atoms with Crippen LogP contribution in [0.25, 0.3) is 0 Å². The van der Waals surface area contributed by atoms with Crippen molar-refractivity contribution in [2.75, 3.05) is 37.6 Å². The predicted molar refractivity (Wildman–Crippen MR) is 120 cm³/mol. The molecule has 0 aromatic heterocycles. The van der Waals surface area contributed by atoms with Crippen LogP contribution in [0, 0.1) is 17.8 Å². The van der Waals surface area contributed by atoms with E-state index >= 15 is 0 Å². The number of nitrogens with two attached hydrogens (primary N) is 1. The number of carbonyl (C=O) groups is 2. The van der Waals surface area contributed by atoms with Gasteiger partial charge in [0.15, 0.2) is 0 Å². The van der Waals surface area contributed by atoms with E-state index in [-0.39, 0.29) is 55.1 Å². The molecule has 2 amide bonds. The second-order valence-corrected chi connectivity index (χ2v) is 8.44. The van der Waals surface area contributed by atoms with Crippen LogP contribution < -0.4 is 16.0 Å². The Morgan fingerprint density at radius 2 is 1.79 bits per heavy atom. The van der Waals surface area contributed by atoms with Crippen molar-refractivity contribution in [1.82, 2.24) is 10.2 Å². The molecule has 9 heteroatoms. The van der Waals surface area contributed by atoms with Crippen molar-refractivity contribution in [2.45, 2.75) is 25.3 Å². The van der Waals surface area contributed by atoms with Crippen LogP contribution in [0.1, 0.15) is 19.3 Å². The number of hydrogen-bond donors (Lipinski definition) is 2. The Balaban J connectivity index is 0.00000150. The van der Waals surface area contributed by atoms with Crippen molar-refractivity contribution in [3.05, 3.63) is 29.3 Å². The fourth-order valence-electron chi connectivity index (χ4n) is 5.00. The van der Waals surface area contributed by atoms with Crippen LogP contribution in [-0.4, -0.2) is 55.5 Å². The van der Waals surface area contributed by atoms with Crippen LogP contribution in [0.4, 0.5) is 5.69 Å². The summed E-state index contributed by atoms with van der Waals surface area (Å²) in [5, 5.41) is 3.56. The van der Waals surface area contributed by atoms with Crippen molar-refractivity contribution < 1.29 is 9.59 Å². The molecule has 3 aliphatic rings. The summed E-state index contributed by atoms with van der Waals surface area (Å²) in [6.45, 7) is 2.88. The lowest BCUT2D eigenvalue weighted by Gasteiger charge is -2.36. The third-order valence-corrected chi connectivity index (χ3v) is 6.74. The number of rotatable bonds is 4. The van der Waals surface area contributed by atoms with E-state index in [2.05, 4.69) is 10.2 Å². The van der Waals surface area contributed by atoms with Gasteiger partial charge in [-0.3, -0.25) is 9.59 Å². The molecule has 1 saturated heterocycles. The average Bonchev–Trinajstić information content (AvgIpc) is 3.27. The number of nitrogens with one attached hydrogen (secondary N) is 1. The molecule has 4 unspecified atom stereocenters. The van der Waals surface area contributed by atoms with Crippen molar-refractivity contribution >= 4 is 53.9 Å². The summed E-state index contributed by atoms with van der Waals surface area (Å²) in [6.07, 6.45) is 3.31. The largest absolute Gasteiger partial charge is 0.368 e. The number of nitrogens with zero attached hydrogens (tertiary/aromatic N) is 2. The van der Waals surface area contributed by atoms with Crippen LogP contribution >= 0.6 is 36.4 Å². The smallest absolute Gasteiger partial charge is 0.242 e. The van der Waals surface area contributed by atoms with Crippen LogP contribution in [0.3, 0.4) is 0 Å². The minimum Gasteiger partial charge on any atom is -0.368 e. The number of benzene rings is 1. The number of anilines is 1. The van der Waals surface area contributed by atoms with E-state index in [0.717, 1.165) is 38.0 Å². The monoisotopic (exact) mass is 462 g/mol. The van der Waals surface area contributed by atoms with Crippen molar-refractivity contribution in [2.24, 2.45) is 23.5 Å². The molecule has 2 bridgehead atoms. The minimum atomic E-state index is -0.115. The lowest BCUT2D eigenvalue weighted by Crippen LogP contribution is -2.52. The number of amides is 2. The molecule has 1 aromatic rings. The SMILES string of the molecule is Cl.Cl.NC1C2CCC(C2)C1C(=O)NCC(=O)N1CCN(c2cccc(Cl)c2)CC1. The molecule has 1 heterocycles. The van der Waals surface area contributed by atoms with Crippen molar-refractivity contribution in [3.63, 3.8) is 0 Å². The molecular formula is C20H29Cl3N4O2. The van der Waals surface area contributed by atoms with Gasteiger partial charge in [-0.25, -0.2) is 0 Å². The van der Waals surface area contributed by atoms with Gasteiger partial charge in [-0.2, -0.15) is 0 Å². The molecule has 162 valence electrons. The maximum Gasteiger partial charge on any atom is 0.242 e. The number of piperazine rings is 1. The lowest BCUT2D eigenvalue weighted by atomic mass is 9.84. The third kappa shape index (κ3) is 5.10. The summed E-state index contributed by atoms with van der Waals surface area (Å²) >= 11 is 6.06.